The number of carbonyl (C=O) groups is 2. The molecule has 0 bridgehead atoms. The second-order valence-electron chi connectivity index (χ2n) is 9.37. The number of carbonyl (C=O) groups excluding carboxylic acids is 2. The van der Waals surface area contributed by atoms with Gasteiger partial charge < -0.3 is 4.43 Å². The van der Waals surface area contributed by atoms with E-state index in [1.54, 1.807) is 0 Å². The lowest BCUT2D eigenvalue weighted by atomic mass is 9.55. The molecule has 1 aromatic rings. The normalized spacial score (nSPS) is 34.3. The fourth-order valence-corrected chi connectivity index (χ4v) is 6.36. The van der Waals surface area contributed by atoms with E-state index in [-0.39, 0.29) is 17.3 Å². The summed E-state index contributed by atoms with van der Waals surface area (Å²) in [5, 5.41) is 0. The first kappa shape index (κ1) is 17.0. The van der Waals surface area contributed by atoms with Crippen LogP contribution in [0, 0.1) is 17.3 Å². The summed E-state index contributed by atoms with van der Waals surface area (Å²) in [5.74, 6) is 2.21. The zero-order valence-electron chi connectivity index (χ0n) is 15.7. The van der Waals surface area contributed by atoms with Crippen LogP contribution in [0.25, 0.3) is 0 Å². The molecular weight excluding hydrogens is 328 g/mol. The van der Waals surface area contributed by atoms with Crippen molar-refractivity contribution in [3.05, 3.63) is 29.3 Å². The van der Waals surface area contributed by atoms with E-state index < -0.39 is 8.32 Å². The third kappa shape index (κ3) is 2.69. The first-order valence-corrected chi connectivity index (χ1v) is 13.0. The SMILES string of the molecule is C[C@]12CC[C@@H]3c4ccc(O[Si](C)(C)C)cc4CC(=O)[C@H]3[C@@H]1CCC2=O. The van der Waals surface area contributed by atoms with Gasteiger partial charge in [-0.1, -0.05) is 13.0 Å². The van der Waals surface area contributed by atoms with Gasteiger partial charge in [0.15, 0.2) is 0 Å². The van der Waals surface area contributed by atoms with E-state index in [0.717, 1.165) is 30.6 Å². The number of benzene rings is 1. The molecule has 1 aromatic carbocycles. The van der Waals surface area contributed by atoms with Gasteiger partial charge in [-0.15, -0.1) is 0 Å². The van der Waals surface area contributed by atoms with Crippen molar-refractivity contribution in [2.24, 2.45) is 17.3 Å². The van der Waals surface area contributed by atoms with Crippen molar-refractivity contribution in [1.82, 2.24) is 0 Å². The minimum atomic E-state index is -1.65. The maximum atomic E-state index is 13.0. The highest BCUT2D eigenvalue weighted by atomic mass is 28.4. The van der Waals surface area contributed by atoms with Crippen molar-refractivity contribution in [3.8, 4) is 5.75 Å². The Morgan fingerprint density at radius 2 is 1.92 bits per heavy atom. The summed E-state index contributed by atoms with van der Waals surface area (Å²) in [4.78, 5) is 25.4. The van der Waals surface area contributed by atoms with Crippen LogP contribution in [0.4, 0.5) is 0 Å². The Bertz CT molecular complexity index is 748. The molecule has 4 atom stereocenters. The molecule has 0 radical (unpaired) electrons. The van der Waals surface area contributed by atoms with Crippen molar-refractivity contribution in [2.45, 2.75) is 64.6 Å². The molecule has 0 spiro atoms. The summed E-state index contributed by atoms with van der Waals surface area (Å²) in [6, 6.07) is 6.36. The molecule has 3 nitrogen and oxygen atoms in total. The van der Waals surface area contributed by atoms with E-state index in [0.29, 0.717) is 30.3 Å². The number of fused-ring (bicyclic) bond motifs is 5. The number of ketones is 2. The molecule has 0 unspecified atom stereocenters. The van der Waals surface area contributed by atoms with Crippen molar-refractivity contribution in [2.75, 3.05) is 0 Å². The van der Waals surface area contributed by atoms with Crippen LogP contribution in [0.2, 0.25) is 19.6 Å². The maximum Gasteiger partial charge on any atom is 0.242 e. The van der Waals surface area contributed by atoms with Gasteiger partial charge in [0.25, 0.3) is 0 Å². The quantitative estimate of drug-likeness (QED) is 0.733. The van der Waals surface area contributed by atoms with E-state index in [9.17, 15) is 9.59 Å². The molecule has 0 amide bonds. The Kier molecular flexibility index (Phi) is 3.77. The van der Waals surface area contributed by atoms with Gasteiger partial charge in [0, 0.05) is 24.2 Å². The van der Waals surface area contributed by atoms with Crippen LogP contribution in [0.15, 0.2) is 18.2 Å². The zero-order valence-corrected chi connectivity index (χ0v) is 16.7. The van der Waals surface area contributed by atoms with E-state index in [1.165, 1.54) is 5.56 Å². The van der Waals surface area contributed by atoms with Gasteiger partial charge >= 0.3 is 0 Å². The molecule has 134 valence electrons. The first-order valence-electron chi connectivity index (χ1n) is 9.57. The van der Waals surface area contributed by atoms with Crippen LogP contribution < -0.4 is 4.43 Å². The monoisotopic (exact) mass is 356 g/mol. The molecule has 2 saturated carbocycles. The zero-order chi connectivity index (χ0) is 18.0. The molecule has 4 rings (SSSR count). The molecule has 0 heterocycles. The van der Waals surface area contributed by atoms with Crippen LogP contribution in [-0.2, 0) is 16.0 Å². The third-order valence-electron chi connectivity index (χ3n) is 6.65. The van der Waals surface area contributed by atoms with Crippen LogP contribution in [0.3, 0.4) is 0 Å². The Morgan fingerprint density at radius 3 is 2.64 bits per heavy atom. The summed E-state index contributed by atoms with van der Waals surface area (Å²) in [6.45, 7) is 8.63. The molecule has 0 aliphatic heterocycles. The molecule has 0 aromatic heterocycles. The molecule has 0 N–H and O–H groups in total. The highest BCUT2D eigenvalue weighted by molar-refractivity contribution is 6.70. The molecule has 25 heavy (non-hydrogen) atoms. The van der Waals surface area contributed by atoms with E-state index in [2.05, 4.69) is 44.8 Å². The minimum Gasteiger partial charge on any atom is -0.544 e. The Hall–Kier alpha value is -1.42. The maximum absolute atomic E-state index is 13.0. The highest BCUT2D eigenvalue weighted by Crippen LogP contribution is 2.58. The van der Waals surface area contributed by atoms with Gasteiger partial charge in [-0.25, -0.2) is 0 Å². The number of Topliss-reactive ketones (excluding diaryl/α,β-unsaturated/α-hetero) is 2. The van der Waals surface area contributed by atoms with Gasteiger partial charge in [0.1, 0.15) is 17.3 Å². The summed E-state index contributed by atoms with van der Waals surface area (Å²) in [7, 11) is -1.65. The summed E-state index contributed by atoms with van der Waals surface area (Å²) in [5.41, 5.74) is 2.22. The largest absolute Gasteiger partial charge is 0.544 e. The van der Waals surface area contributed by atoms with E-state index in [4.69, 9.17) is 4.43 Å². The summed E-state index contributed by atoms with van der Waals surface area (Å²) < 4.78 is 6.12. The van der Waals surface area contributed by atoms with Crippen LogP contribution in [0.5, 0.6) is 5.75 Å². The Labute approximate surface area is 151 Å². The van der Waals surface area contributed by atoms with E-state index >= 15 is 0 Å². The highest BCUT2D eigenvalue weighted by Gasteiger charge is 2.56. The fraction of sp³-hybridized carbons (Fsp3) is 0.619. The molecule has 2 fully saturated rings. The average molecular weight is 357 g/mol. The van der Waals surface area contributed by atoms with Crippen molar-refractivity contribution >= 4 is 19.9 Å². The number of hydrogen-bond donors (Lipinski definition) is 0. The topological polar surface area (TPSA) is 43.4 Å². The van der Waals surface area contributed by atoms with Crippen molar-refractivity contribution < 1.29 is 14.0 Å². The lowest BCUT2D eigenvalue weighted by Gasteiger charge is -2.47. The van der Waals surface area contributed by atoms with E-state index in [1.807, 2.05) is 0 Å². The first-order chi connectivity index (χ1) is 11.7. The molecule has 3 aliphatic carbocycles. The molecule has 0 saturated heterocycles. The Balaban J connectivity index is 1.69. The van der Waals surface area contributed by atoms with Gasteiger partial charge in [-0.05, 0) is 74.0 Å². The molecule has 3 aliphatic rings. The fourth-order valence-electron chi connectivity index (χ4n) is 5.53. The standard InChI is InChI=1S/C21H28O3Si/c1-21-10-9-16-15-6-5-14(24-25(2,3)4)11-13(15)12-18(22)20(16)17(21)7-8-19(21)23/h5-6,11,16-17,20H,7-10,12H2,1-4H3/t16-,17+,20-,21+/m1/s1. The van der Waals surface area contributed by atoms with Crippen LogP contribution in [-0.4, -0.2) is 19.9 Å². The van der Waals surface area contributed by atoms with Gasteiger partial charge in [-0.2, -0.15) is 0 Å². The van der Waals surface area contributed by atoms with Gasteiger partial charge in [0.05, 0.1) is 0 Å². The van der Waals surface area contributed by atoms with Crippen molar-refractivity contribution in [1.29, 1.82) is 0 Å². The Morgan fingerprint density at radius 1 is 1.16 bits per heavy atom. The summed E-state index contributed by atoms with van der Waals surface area (Å²) >= 11 is 0. The summed E-state index contributed by atoms with van der Waals surface area (Å²) in [6.07, 6.45) is 3.94. The van der Waals surface area contributed by atoms with Crippen molar-refractivity contribution in [3.63, 3.8) is 0 Å². The smallest absolute Gasteiger partial charge is 0.242 e. The molecule has 4 heteroatoms. The van der Waals surface area contributed by atoms with Crippen LogP contribution in [0.1, 0.15) is 49.7 Å². The number of rotatable bonds is 2. The lowest BCUT2D eigenvalue weighted by Crippen LogP contribution is -2.46. The predicted octanol–water partition coefficient (Wildman–Crippen LogP) is 4.50. The second-order valence-corrected chi connectivity index (χ2v) is 13.8. The third-order valence-corrected chi connectivity index (χ3v) is 7.50. The second kappa shape index (κ2) is 5.54. The van der Waals surface area contributed by atoms with Gasteiger partial charge in [0.2, 0.25) is 8.32 Å². The van der Waals surface area contributed by atoms with Crippen LogP contribution >= 0.6 is 0 Å². The molecular formula is C21H28O3Si. The predicted molar refractivity (Wildman–Crippen MR) is 100 cm³/mol. The lowest BCUT2D eigenvalue weighted by molar-refractivity contribution is -0.134. The van der Waals surface area contributed by atoms with Gasteiger partial charge in [-0.3, -0.25) is 9.59 Å². The average Bonchev–Trinajstić information content (AvgIpc) is 2.81. The number of hydrogen-bond acceptors (Lipinski definition) is 3. The minimum absolute atomic E-state index is 0.0430.